The van der Waals surface area contributed by atoms with Crippen molar-refractivity contribution in [2.24, 2.45) is 0 Å². The lowest BCUT2D eigenvalue weighted by molar-refractivity contribution is -0.115. The molecule has 3 rings (SSSR count). The van der Waals surface area contributed by atoms with Crippen molar-refractivity contribution in [1.29, 1.82) is 0 Å². The second kappa shape index (κ2) is 5.94. The van der Waals surface area contributed by atoms with Crippen molar-refractivity contribution in [1.82, 2.24) is 19.9 Å². The molecule has 0 bridgehead atoms. The maximum atomic E-state index is 11.8. The predicted molar refractivity (Wildman–Crippen MR) is 83.0 cm³/mol. The van der Waals surface area contributed by atoms with E-state index in [1.54, 1.807) is 28.8 Å². The first kappa shape index (κ1) is 14.2. The van der Waals surface area contributed by atoms with Crippen LogP contribution in [0.25, 0.3) is 4.96 Å². The summed E-state index contributed by atoms with van der Waals surface area (Å²) < 4.78 is 1.66. The smallest absolute Gasteiger partial charge is 0.251 e. The van der Waals surface area contributed by atoms with Crippen molar-refractivity contribution in [3.8, 4) is 0 Å². The van der Waals surface area contributed by atoms with Gasteiger partial charge in [0.05, 0.1) is 12.2 Å². The predicted octanol–water partition coefficient (Wildman–Crippen LogP) is 1.47. The molecule has 1 aromatic carbocycles. The molecule has 0 atom stereocenters. The van der Waals surface area contributed by atoms with Gasteiger partial charge in [-0.25, -0.2) is 4.52 Å². The van der Waals surface area contributed by atoms with E-state index in [1.807, 2.05) is 18.4 Å². The number of anilines is 1. The summed E-state index contributed by atoms with van der Waals surface area (Å²) in [6.07, 6.45) is 0. The number of hydrogen-bond acceptors (Lipinski definition) is 5. The second-order valence-electron chi connectivity index (χ2n) is 4.60. The lowest BCUT2D eigenvalue weighted by atomic mass is 10.2. The minimum Gasteiger partial charge on any atom is -0.343 e. The highest BCUT2D eigenvalue weighted by Crippen LogP contribution is 2.14. The number of aryl methyl sites for hydroxylation is 1. The molecule has 2 N–H and O–H groups in total. The van der Waals surface area contributed by atoms with Gasteiger partial charge in [-0.3, -0.25) is 14.9 Å². The third-order valence-corrected chi connectivity index (χ3v) is 3.88. The van der Waals surface area contributed by atoms with Gasteiger partial charge in [0.1, 0.15) is 0 Å². The summed E-state index contributed by atoms with van der Waals surface area (Å²) in [5.41, 5.74) is 1.46. The Labute approximate surface area is 130 Å². The summed E-state index contributed by atoms with van der Waals surface area (Å²) in [4.78, 5) is 28.5. The van der Waals surface area contributed by atoms with Crippen LogP contribution in [-0.2, 0) is 4.79 Å². The molecule has 0 aliphatic heterocycles. The van der Waals surface area contributed by atoms with Crippen LogP contribution in [0.15, 0.2) is 35.7 Å². The molecule has 0 aliphatic rings. The van der Waals surface area contributed by atoms with Crippen LogP contribution < -0.4 is 10.6 Å². The number of thiazole rings is 1. The van der Waals surface area contributed by atoms with E-state index >= 15 is 0 Å². The number of carbonyl (C=O) groups is 2. The van der Waals surface area contributed by atoms with Gasteiger partial charge in [-0.2, -0.15) is 4.98 Å². The molecule has 7 nitrogen and oxygen atoms in total. The minimum absolute atomic E-state index is 0.139. The van der Waals surface area contributed by atoms with Gasteiger partial charge in [0.15, 0.2) is 0 Å². The average molecular weight is 315 g/mol. The van der Waals surface area contributed by atoms with E-state index in [2.05, 4.69) is 20.7 Å². The van der Waals surface area contributed by atoms with E-state index in [4.69, 9.17) is 0 Å². The fraction of sp³-hybridized carbons (Fsp3) is 0.143. The van der Waals surface area contributed by atoms with E-state index in [0.717, 1.165) is 5.69 Å². The zero-order valence-corrected chi connectivity index (χ0v) is 12.6. The number of fused-ring (bicyclic) bond motifs is 1. The molecule has 2 heterocycles. The maximum Gasteiger partial charge on any atom is 0.251 e. The molecular formula is C14H13N5O2S. The number of rotatable bonds is 4. The summed E-state index contributed by atoms with van der Waals surface area (Å²) in [5, 5.41) is 11.2. The van der Waals surface area contributed by atoms with Crippen molar-refractivity contribution >= 4 is 34.1 Å². The van der Waals surface area contributed by atoms with Crippen molar-refractivity contribution < 1.29 is 9.59 Å². The number of nitrogens with one attached hydrogen (secondary N) is 2. The van der Waals surface area contributed by atoms with Gasteiger partial charge in [0.25, 0.3) is 5.91 Å². The second-order valence-corrected chi connectivity index (χ2v) is 5.44. The van der Waals surface area contributed by atoms with Crippen LogP contribution in [-0.4, -0.2) is 33.0 Å². The number of nitrogens with zero attached hydrogens (tertiary/aromatic N) is 3. The molecule has 8 heteroatoms. The molecule has 0 saturated carbocycles. The maximum absolute atomic E-state index is 11.8. The molecule has 2 amide bonds. The van der Waals surface area contributed by atoms with Crippen LogP contribution in [0.2, 0.25) is 0 Å². The van der Waals surface area contributed by atoms with Crippen LogP contribution in [0.4, 0.5) is 5.95 Å². The SMILES string of the molecule is Cc1csc2nc(NC(=O)CNC(=O)c3ccccc3)nn12. The van der Waals surface area contributed by atoms with Crippen LogP contribution in [0, 0.1) is 6.92 Å². The van der Waals surface area contributed by atoms with Crippen LogP contribution in [0.5, 0.6) is 0 Å². The number of amides is 2. The van der Waals surface area contributed by atoms with Crippen LogP contribution >= 0.6 is 11.3 Å². The fourth-order valence-electron chi connectivity index (χ4n) is 1.87. The van der Waals surface area contributed by atoms with Gasteiger partial charge in [-0.15, -0.1) is 16.4 Å². The summed E-state index contributed by atoms with van der Waals surface area (Å²) >= 11 is 1.45. The third-order valence-electron chi connectivity index (χ3n) is 2.94. The Hall–Kier alpha value is -2.74. The quantitative estimate of drug-likeness (QED) is 0.763. The lowest BCUT2D eigenvalue weighted by Gasteiger charge is -2.04. The number of carbonyl (C=O) groups excluding carboxylic acids is 2. The Morgan fingerprint density at radius 2 is 2.05 bits per heavy atom. The average Bonchev–Trinajstić information content (AvgIpc) is 3.07. The molecule has 0 fully saturated rings. The summed E-state index contributed by atoms with van der Waals surface area (Å²) in [5.74, 6) is -0.445. The topological polar surface area (TPSA) is 88.4 Å². The van der Waals surface area contributed by atoms with Gasteiger partial charge in [0, 0.05) is 10.9 Å². The molecule has 0 saturated heterocycles. The van der Waals surface area contributed by atoms with Crippen LogP contribution in [0.3, 0.4) is 0 Å². The van der Waals surface area contributed by atoms with E-state index < -0.39 is 0 Å². The molecule has 0 spiro atoms. The normalized spacial score (nSPS) is 10.6. The fourth-order valence-corrected chi connectivity index (χ4v) is 2.67. The molecular weight excluding hydrogens is 302 g/mol. The van der Waals surface area contributed by atoms with E-state index in [0.29, 0.717) is 10.5 Å². The Morgan fingerprint density at radius 3 is 2.77 bits per heavy atom. The zero-order valence-electron chi connectivity index (χ0n) is 11.7. The Morgan fingerprint density at radius 1 is 1.27 bits per heavy atom. The lowest BCUT2D eigenvalue weighted by Crippen LogP contribution is -2.33. The van der Waals surface area contributed by atoms with Crippen molar-refractivity contribution in [2.75, 3.05) is 11.9 Å². The van der Waals surface area contributed by atoms with Crippen molar-refractivity contribution in [3.05, 3.63) is 47.0 Å². The van der Waals surface area contributed by atoms with Crippen molar-refractivity contribution in [3.63, 3.8) is 0 Å². The molecule has 0 unspecified atom stereocenters. The minimum atomic E-state index is -0.375. The molecule has 3 aromatic rings. The van der Waals surface area contributed by atoms with Gasteiger partial charge in [-0.1, -0.05) is 18.2 Å². The summed E-state index contributed by atoms with van der Waals surface area (Å²) in [6, 6.07) is 8.71. The van der Waals surface area contributed by atoms with Crippen LogP contribution in [0.1, 0.15) is 16.1 Å². The van der Waals surface area contributed by atoms with Gasteiger partial charge < -0.3 is 5.32 Å². The first-order valence-electron chi connectivity index (χ1n) is 6.57. The molecule has 2 aromatic heterocycles. The molecule has 0 radical (unpaired) electrons. The highest BCUT2D eigenvalue weighted by molar-refractivity contribution is 7.15. The number of benzene rings is 1. The number of hydrogen-bond donors (Lipinski definition) is 2. The number of aromatic nitrogens is 3. The van der Waals surface area contributed by atoms with Crippen molar-refractivity contribution in [2.45, 2.75) is 6.92 Å². The van der Waals surface area contributed by atoms with E-state index in [-0.39, 0.29) is 24.3 Å². The Balaban J connectivity index is 1.57. The third kappa shape index (κ3) is 2.96. The highest BCUT2D eigenvalue weighted by atomic mass is 32.1. The first-order valence-corrected chi connectivity index (χ1v) is 7.45. The Bertz CT molecular complexity index is 824. The van der Waals surface area contributed by atoms with Gasteiger partial charge in [-0.05, 0) is 19.1 Å². The highest BCUT2D eigenvalue weighted by Gasteiger charge is 2.11. The van der Waals surface area contributed by atoms with E-state index in [1.165, 1.54) is 11.3 Å². The molecule has 0 aliphatic carbocycles. The monoisotopic (exact) mass is 315 g/mol. The van der Waals surface area contributed by atoms with E-state index in [9.17, 15) is 9.59 Å². The summed E-state index contributed by atoms with van der Waals surface area (Å²) in [6.45, 7) is 1.77. The Kier molecular flexibility index (Phi) is 3.84. The summed E-state index contributed by atoms with van der Waals surface area (Å²) in [7, 11) is 0. The largest absolute Gasteiger partial charge is 0.343 e. The molecule has 112 valence electrons. The standard InChI is InChI=1S/C14H13N5O2S/c1-9-8-22-14-17-13(18-19(9)14)16-11(20)7-15-12(21)10-5-3-2-4-6-10/h2-6,8H,7H2,1H3,(H,15,21)(H,16,18,20). The van der Waals surface area contributed by atoms with Gasteiger partial charge in [0.2, 0.25) is 16.8 Å². The first-order chi connectivity index (χ1) is 10.6. The molecule has 22 heavy (non-hydrogen) atoms. The zero-order chi connectivity index (χ0) is 15.5. The van der Waals surface area contributed by atoms with Gasteiger partial charge >= 0.3 is 0 Å².